The minimum Gasteiger partial charge on any atom is -0.393 e. The summed E-state index contributed by atoms with van der Waals surface area (Å²) in [5.74, 6) is 0. The van der Waals surface area contributed by atoms with Gasteiger partial charge in [-0.1, -0.05) is 38.5 Å². The van der Waals surface area contributed by atoms with Crippen LogP contribution in [-0.2, 0) is 0 Å². The van der Waals surface area contributed by atoms with E-state index in [-0.39, 0.29) is 12.2 Å². The molecule has 0 aromatic carbocycles. The highest BCUT2D eigenvalue weighted by Gasteiger charge is 2.08. The molecular formula is C12H24O2. The Bertz CT molecular complexity index is 108. The summed E-state index contributed by atoms with van der Waals surface area (Å²) in [6.07, 6.45) is 11.8. The van der Waals surface area contributed by atoms with Crippen molar-refractivity contribution in [2.45, 2.75) is 76.4 Å². The van der Waals surface area contributed by atoms with Gasteiger partial charge in [0.1, 0.15) is 0 Å². The Hall–Kier alpha value is -0.0800. The fraction of sp³-hybridized carbons (Fsp3) is 1.00. The molecule has 0 radical (unpaired) electrons. The minimum absolute atomic E-state index is 0.0359. The second-order valence-electron chi connectivity index (χ2n) is 4.58. The number of aliphatic hydroxyl groups excluding tert-OH is 2. The molecule has 0 spiro atoms. The van der Waals surface area contributed by atoms with Crippen LogP contribution in [0, 0.1) is 0 Å². The predicted octanol–water partition coefficient (Wildman–Crippen LogP) is 2.62. The standard InChI is InChI=1S/2C6H12O/c2*7-6-4-2-1-3-5-6/h2*6-7H,1-5H2. The molecule has 2 rings (SSSR count). The lowest BCUT2D eigenvalue weighted by Crippen LogP contribution is -2.09. The predicted molar refractivity (Wildman–Crippen MR) is 58.2 cm³/mol. The molecule has 0 unspecified atom stereocenters. The zero-order valence-corrected chi connectivity index (χ0v) is 9.12. The summed E-state index contributed by atoms with van der Waals surface area (Å²) in [5, 5.41) is 17.8. The molecule has 2 nitrogen and oxygen atoms in total. The van der Waals surface area contributed by atoms with Crippen LogP contribution in [0.1, 0.15) is 64.2 Å². The molecule has 0 amide bonds. The molecule has 14 heavy (non-hydrogen) atoms. The van der Waals surface area contributed by atoms with Gasteiger partial charge in [-0.25, -0.2) is 0 Å². The van der Waals surface area contributed by atoms with Gasteiger partial charge >= 0.3 is 0 Å². The quantitative estimate of drug-likeness (QED) is 0.631. The van der Waals surface area contributed by atoms with E-state index in [1.54, 1.807) is 0 Å². The Kier molecular flexibility index (Phi) is 6.20. The number of aliphatic hydroxyl groups is 2. The van der Waals surface area contributed by atoms with Gasteiger partial charge in [0, 0.05) is 0 Å². The van der Waals surface area contributed by atoms with Gasteiger partial charge in [-0.05, 0) is 25.7 Å². The normalized spacial score (nSPS) is 25.3. The summed E-state index contributed by atoms with van der Waals surface area (Å²) < 4.78 is 0. The fourth-order valence-electron chi connectivity index (χ4n) is 2.16. The van der Waals surface area contributed by atoms with Crippen molar-refractivity contribution in [1.82, 2.24) is 0 Å². The summed E-state index contributed by atoms with van der Waals surface area (Å²) >= 11 is 0. The highest BCUT2D eigenvalue weighted by atomic mass is 16.3. The van der Waals surface area contributed by atoms with E-state index < -0.39 is 0 Å². The number of rotatable bonds is 0. The van der Waals surface area contributed by atoms with Crippen molar-refractivity contribution >= 4 is 0 Å². The van der Waals surface area contributed by atoms with Crippen molar-refractivity contribution in [3.8, 4) is 0 Å². The Labute approximate surface area is 87.3 Å². The molecule has 0 heterocycles. The minimum atomic E-state index is 0.0359. The molecule has 0 bridgehead atoms. The van der Waals surface area contributed by atoms with Gasteiger partial charge in [0.05, 0.1) is 12.2 Å². The van der Waals surface area contributed by atoms with Gasteiger partial charge in [0.25, 0.3) is 0 Å². The first-order valence-electron chi connectivity index (χ1n) is 6.15. The zero-order valence-electron chi connectivity index (χ0n) is 9.12. The van der Waals surface area contributed by atoms with E-state index in [4.69, 9.17) is 10.2 Å². The number of hydrogen-bond donors (Lipinski definition) is 2. The van der Waals surface area contributed by atoms with Crippen molar-refractivity contribution < 1.29 is 10.2 Å². The summed E-state index contributed by atoms with van der Waals surface area (Å²) in [5.41, 5.74) is 0. The fourth-order valence-corrected chi connectivity index (χ4v) is 2.16. The maximum absolute atomic E-state index is 8.91. The highest BCUT2D eigenvalue weighted by Crippen LogP contribution is 2.16. The average Bonchev–Trinajstić information content (AvgIpc) is 2.21. The summed E-state index contributed by atoms with van der Waals surface area (Å²) in [6, 6.07) is 0. The lowest BCUT2D eigenvalue weighted by Gasteiger charge is -2.14. The Morgan fingerprint density at radius 2 is 0.786 bits per heavy atom. The average molecular weight is 200 g/mol. The van der Waals surface area contributed by atoms with Crippen LogP contribution in [-0.4, -0.2) is 22.4 Å². The zero-order chi connectivity index (χ0) is 10.2. The Morgan fingerprint density at radius 3 is 0.929 bits per heavy atom. The lowest BCUT2D eigenvalue weighted by atomic mass is 9.98. The maximum atomic E-state index is 8.91. The van der Waals surface area contributed by atoms with E-state index in [0.29, 0.717) is 0 Å². The van der Waals surface area contributed by atoms with E-state index in [1.807, 2.05) is 0 Å². The van der Waals surface area contributed by atoms with E-state index in [0.717, 1.165) is 25.7 Å². The lowest BCUT2D eigenvalue weighted by molar-refractivity contribution is 0.130. The van der Waals surface area contributed by atoms with Gasteiger partial charge in [-0.2, -0.15) is 0 Å². The van der Waals surface area contributed by atoms with Gasteiger partial charge in [0.2, 0.25) is 0 Å². The summed E-state index contributed by atoms with van der Waals surface area (Å²) in [6.45, 7) is 0. The van der Waals surface area contributed by atoms with Gasteiger partial charge < -0.3 is 10.2 Å². The number of hydrogen-bond acceptors (Lipinski definition) is 2. The van der Waals surface area contributed by atoms with E-state index in [1.165, 1.54) is 38.5 Å². The molecule has 0 atom stereocenters. The van der Waals surface area contributed by atoms with Crippen LogP contribution in [0.2, 0.25) is 0 Å². The Balaban J connectivity index is 0.000000140. The molecule has 0 aliphatic heterocycles. The smallest absolute Gasteiger partial charge is 0.0540 e. The largest absolute Gasteiger partial charge is 0.393 e. The highest BCUT2D eigenvalue weighted by molar-refractivity contribution is 4.62. The Morgan fingerprint density at radius 1 is 0.500 bits per heavy atom. The molecule has 2 saturated carbocycles. The SMILES string of the molecule is OC1CCCCC1.OC1CCCCC1. The third-order valence-corrected chi connectivity index (χ3v) is 3.15. The molecule has 2 heteroatoms. The molecule has 84 valence electrons. The molecule has 2 N–H and O–H groups in total. The van der Waals surface area contributed by atoms with Gasteiger partial charge in [-0.15, -0.1) is 0 Å². The molecule has 0 saturated heterocycles. The second kappa shape index (κ2) is 7.24. The first kappa shape index (κ1) is 12.0. The molecule has 0 aromatic rings. The summed E-state index contributed by atoms with van der Waals surface area (Å²) in [4.78, 5) is 0. The van der Waals surface area contributed by atoms with E-state index >= 15 is 0 Å². The van der Waals surface area contributed by atoms with Crippen LogP contribution in [0.4, 0.5) is 0 Å². The van der Waals surface area contributed by atoms with Crippen LogP contribution in [0.25, 0.3) is 0 Å². The van der Waals surface area contributed by atoms with Crippen molar-refractivity contribution in [2.75, 3.05) is 0 Å². The first-order valence-corrected chi connectivity index (χ1v) is 6.15. The van der Waals surface area contributed by atoms with Crippen molar-refractivity contribution in [3.63, 3.8) is 0 Å². The molecule has 2 aliphatic rings. The van der Waals surface area contributed by atoms with Gasteiger partial charge in [0.15, 0.2) is 0 Å². The van der Waals surface area contributed by atoms with Crippen molar-refractivity contribution in [2.24, 2.45) is 0 Å². The van der Waals surface area contributed by atoms with Crippen LogP contribution in [0.5, 0.6) is 0 Å². The second-order valence-corrected chi connectivity index (χ2v) is 4.58. The first-order chi connectivity index (χ1) is 6.79. The van der Waals surface area contributed by atoms with Crippen LogP contribution in [0.3, 0.4) is 0 Å². The monoisotopic (exact) mass is 200 g/mol. The third-order valence-electron chi connectivity index (χ3n) is 3.15. The topological polar surface area (TPSA) is 40.5 Å². The van der Waals surface area contributed by atoms with Crippen molar-refractivity contribution in [3.05, 3.63) is 0 Å². The molecule has 2 fully saturated rings. The third kappa shape index (κ3) is 5.61. The van der Waals surface area contributed by atoms with E-state index in [2.05, 4.69) is 0 Å². The summed E-state index contributed by atoms with van der Waals surface area (Å²) in [7, 11) is 0. The molecular weight excluding hydrogens is 176 g/mol. The van der Waals surface area contributed by atoms with E-state index in [9.17, 15) is 0 Å². The van der Waals surface area contributed by atoms with Crippen LogP contribution >= 0.6 is 0 Å². The van der Waals surface area contributed by atoms with Crippen LogP contribution in [0.15, 0.2) is 0 Å². The maximum Gasteiger partial charge on any atom is 0.0540 e. The van der Waals surface area contributed by atoms with Crippen LogP contribution < -0.4 is 0 Å². The molecule has 2 aliphatic carbocycles. The van der Waals surface area contributed by atoms with Gasteiger partial charge in [-0.3, -0.25) is 0 Å². The molecule has 0 aromatic heterocycles. The van der Waals surface area contributed by atoms with Crippen molar-refractivity contribution in [1.29, 1.82) is 0 Å².